The molecule has 10 heavy (non-hydrogen) atoms. The van der Waals surface area contributed by atoms with E-state index in [-0.39, 0.29) is 6.04 Å². The zero-order valence-corrected chi connectivity index (χ0v) is 6.13. The SMILES string of the molecule is C[C@@]1(C(=O)O)CC[C@@H](N)C1. The number of carboxylic acids is 1. The summed E-state index contributed by atoms with van der Waals surface area (Å²) in [6.07, 6.45) is 2.20. The van der Waals surface area contributed by atoms with Crippen LogP contribution < -0.4 is 5.73 Å². The Balaban J connectivity index is 2.63. The van der Waals surface area contributed by atoms with E-state index in [1.165, 1.54) is 0 Å². The van der Waals surface area contributed by atoms with Crippen molar-refractivity contribution in [1.29, 1.82) is 0 Å². The van der Waals surface area contributed by atoms with Gasteiger partial charge in [0.15, 0.2) is 0 Å². The average molecular weight is 143 g/mol. The molecule has 0 aliphatic heterocycles. The molecule has 1 rings (SSSR count). The van der Waals surface area contributed by atoms with Crippen molar-refractivity contribution in [3.05, 3.63) is 0 Å². The highest BCUT2D eigenvalue weighted by Gasteiger charge is 2.39. The van der Waals surface area contributed by atoms with Crippen LogP contribution in [0.1, 0.15) is 26.2 Å². The van der Waals surface area contributed by atoms with E-state index in [0.29, 0.717) is 6.42 Å². The third kappa shape index (κ3) is 1.14. The molecule has 1 aliphatic carbocycles. The number of carbonyl (C=O) groups is 1. The Kier molecular flexibility index (Phi) is 1.68. The molecule has 0 heterocycles. The van der Waals surface area contributed by atoms with Gasteiger partial charge in [0, 0.05) is 6.04 Å². The minimum absolute atomic E-state index is 0.0982. The monoisotopic (exact) mass is 143 g/mol. The molecule has 1 aliphatic rings. The van der Waals surface area contributed by atoms with Crippen LogP contribution in [0.15, 0.2) is 0 Å². The molecule has 3 heteroatoms. The first-order chi connectivity index (χ1) is 4.54. The van der Waals surface area contributed by atoms with Crippen LogP contribution in [0.2, 0.25) is 0 Å². The maximum absolute atomic E-state index is 10.6. The molecule has 0 aromatic rings. The topological polar surface area (TPSA) is 63.3 Å². The Morgan fingerprint density at radius 3 is 2.60 bits per heavy atom. The second kappa shape index (κ2) is 2.23. The van der Waals surface area contributed by atoms with Crippen LogP contribution in [-0.4, -0.2) is 17.1 Å². The minimum Gasteiger partial charge on any atom is -0.481 e. The summed E-state index contributed by atoms with van der Waals surface area (Å²) in [5.74, 6) is -0.708. The van der Waals surface area contributed by atoms with Gasteiger partial charge >= 0.3 is 5.97 Å². The molecule has 1 fully saturated rings. The summed E-state index contributed by atoms with van der Waals surface area (Å²) >= 11 is 0. The summed E-state index contributed by atoms with van der Waals surface area (Å²) in [5, 5.41) is 8.73. The molecule has 1 saturated carbocycles. The van der Waals surface area contributed by atoms with Crippen LogP contribution in [0.5, 0.6) is 0 Å². The largest absolute Gasteiger partial charge is 0.481 e. The van der Waals surface area contributed by atoms with Gasteiger partial charge in [-0.2, -0.15) is 0 Å². The van der Waals surface area contributed by atoms with Crippen LogP contribution in [0.25, 0.3) is 0 Å². The van der Waals surface area contributed by atoms with E-state index < -0.39 is 11.4 Å². The fourth-order valence-electron chi connectivity index (χ4n) is 1.48. The standard InChI is InChI=1S/C7H13NO2/c1-7(6(9)10)3-2-5(8)4-7/h5H,2-4,8H2,1H3,(H,9,10)/t5-,7-/m1/s1. The van der Waals surface area contributed by atoms with E-state index in [9.17, 15) is 4.79 Å². The van der Waals surface area contributed by atoms with Crippen molar-refractivity contribution in [3.8, 4) is 0 Å². The molecular weight excluding hydrogens is 130 g/mol. The fraction of sp³-hybridized carbons (Fsp3) is 0.857. The predicted octanol–water partition coefficient (Wildman–Crippen LogP) is 0.588. The smallest absolute Gasteiger partial charge is 0.309 e. The van der Waals surface area contributed by atoms with Crippen LogP contribution in [0.3, 0.4) is 0 Å². The molecule has 0 radical (unpaired) electrons. The first kappa shape index (κ1) is 7.54. The lowest BCUT2D eigenvalue weighted by atomic mass is 9.89. The van der Waals surface area contributed by atoms with E-state index in [1.807, 2.05) is 0 Å². The zero-order valence-electron chi connectivity index (χ0n) is 6.13. The lowest BCUT2D eigenvalue weighted by Gasteiger charge is -2.16. The van der Waals surface area contributed by atoms with E-state index in [1.54, 1.807) is 6.92 Å². The fourth-order valence-corrected chi connectivity index (χ4v) is 1.48. The van der Waals surface area contributed by atoms with Gasteiger partial charge in [-0.1, -0.05) is 0 Å². The molecule has 0 saturated heterocycles. The van der Waals surface area contributed by atoms with Gasteiger partial charge in [-0.05, 0) is 26.2 Å². The zero-order chi connectivity index (χ0) is 7.78. The molecule has 0 amide bonds. The number of nitrogens with two attached hydrogens (primary N) is 1. The first-order valence-electron chi connectivity index (χ1n) is 3.53. The minimum atomic E-state index is -0.708. The van der Waals surface area contributed by atoms with Gasteiger partial charge in [0.05, 0.1) is 5.41 Å². The van der Waals surface area contributed by atoms with Crippen LogP contribution in [-0.2, 0) is 4.79 Å². The van der Waals surface area contributed by atoms with Gasteiger partial charge in [-0.25, -0.2) is 0 Å². The van der Waals surface area contributed by atoms with Crippen molar-refractivity contribution in [2.24, 2.45) is 11.1 Å². The Labute approximate surface area is 60.2 Å². The van der Waals surface area contributed by atoms with Gasteiger partial charge < -0.3 is 10.8 Å². The van der Waals surface area contributed by atoms with Crippen molar-refractivity contribution in [2.45, 2.75) is 32.2 Å². The van der Waals surface area contributed by atoms with E-state index in [0.717, 1.165) is 12.8 Å². The number of carboxylic acid groups (broad SMARTS) is 1. The number of aliphatic carboxylic acids is 1. The van der Waals surface area contributed by atoms with E-state index in [2.05, 4.69) is 0 Å². The third-order valence-corrected chi connectivity index (χ3v) is 2.30. The summed E-state index contributed by atoms with van der Waals surface area (Å²) in [7, 11) is 0. The number of rotatable bonds is 1. The summed E-state index contributed by atoms with van der Waals surface area (Å²) in [5.41, 5.74) is 5.04. The normalized spacial score (nSPS) is 40.0. The van der Waals surface area contributed by atoms with Crippen LogP contribution in [0.4, 0.5) is 0 Å². The Morgan fingerprint density at radius 1 is 1.80 bits per heavy atom. The molecule has 3 nitrogen and oxygen atoms in total. The molecule has 0 spiro atoms. The van der Waals surface area contributed by atoms with Gasteiger partial charge in [-0.15, -0.1) is 0 Å². The predicted molar refractivity (Wildman–Crippen MR) is 37.6 cm³/mol. The quantitative estimate of drug-likeness (QED) is 0.564. The van der Waals surface area contributed by atoms with Crippen LogP contribution >= 0.6 is 0 Å². The van der Waals surface area contributed by atoms with Gasteiger partial charge in [0.1, 0.15) is 0 Å². The molecule has 2 atom stereocenters. The van der Waals surface area contributed by atoms with Gasteiger partial charge in [-0.3, -0.25) is 4.79 Å². The lowest BCUT2D eigenvalue weighted by molar-refractivity contribution is -0.147. The molecule has 0 aromatic carbocycles. The van der Waals surface area contributed by atoms with Gasteiger partial charge in [0.2, 0.25) is 0 Å². The Morgan fingerprint density at radius 2 is 2.40 bits per heavy atom. The Hall–Kier alpha value is -0.570. The van der Waals surface area contributed by atoms with Crippen molar-refractivity contribution in [1.82, 2.24) is 0 Å². The summed E-state index contributed by atoms with van der Waals surface area (Å²) < 4.78 is 0. The summed E-state index contributed by atoms with van der Waals surface area (Å²) in [6.45, 7) is 1.77. The second-order valence-corrected chi connectivity index (χ2v) is 3.37. The molecule has 0 unspecified atom stereocenters. The van der Waals surface area contributed by atoms with Crippen molar-refractivity contribution >= 4 is 5.97 Å². The van der Waals surface area contributed by atoms with Crippen LogP contribution in [0, 0.1) is 5.41 Å². The second-order valence-electron chi connectivity index (χ2n) is 3.37. The molecule has 3 N–H and O–H groups in total. The third-order valence-electron chi connectivity index (χ3n) is 2.30. The molecule has 0 bridgehead atoms. The summed E-state index contributed by atoms with van der Waals surface area (Å²) in [4.78, 5) is 10.6. The maximum Gasteiger partial charge on any atom is 0.309 e. The number of hydrogen-bond donors (Lipinski definition) is 2. The molecular formula is C7H13NO2. The molecule has 0 aromatic heterocycles. The molecule has 58 valence electrons. The summed E-state index contributed by atoms with van der Waals surface area (Å²) in [6, 6.07) is 0.0982. The Bertz CT molecular complexity index is 158. The lowest BCUT2D eigenvalue weighted by Crippen LogP contribution is -2.26. The highest BCUT2D eigenvalue weighted by atomic mass is 16.4. The van der Waals surface area contributed by atoms with E-state index >= 15 is 0 Å². The van der Waals surface area contributed by atoms with Crippen molar-refractivity contribution < 1.29 is 9.90 Å². The first-order valence-corrected chi connectivity index (χ1v) is 3.53. The van der Waals surface area contributed by atoms with Gasteiger partial charge in [0.25, 0.3) is 0 Å². The highest BCUT2D eigenvalue weighted by Crippen LogP contribution is 2.36. The van der Waals surface area contributed by atoms with E-state index in [4.69, 9.17) is 10.8 Å². The van der Waals surface area contributed by atoms with Crippen molar-refractivity contribution in [2.75, 3.05) is 0 Å². The highest BCUT2D eigenvalue weighted by molar-refractivity contribution is 5.74. The number of hydrogen-bond acceptors (Lipinski definition) is 2. The average Bonchev–Trinajstić information content (AvgIpc) is 2.13. The van der Waals surface area contributed by atoms with Crippen molar-refractivity contribution in [3.63, 3.8) is 0 Å². The maximum atomic E-state index is 10.6.